The zero-order valence-electron chi connectivity index (χ0n) is 24.9. The Labute approximate surface area is 254 Å². The van der Waals surface area contributed by atoms with Crippen LogP contribution in [0.15, 0.2) is 0 Å². The Hall–Kier alpha value is 1.87. The van der Waals surface area contributed by atoms with Crippen molar-refractivity contribution >= 4 is 49.8 Å². The van der Waals surface area contributed by atoms with Crippen molar-refractivity contribution < 1.29 is 0 Å². The van der Waals surface area contributed by atoms with E-state index in [1.54, 1.807) is 0 Å². The largest absolute Gasteiger partial charge is 0.221 e. The van der Waals surface area contributed by atoms with Gasteiger partial charge in [0.1, 0.15) is 0 Å². The standard InChI is InChI=1S/C32H65Br3P/c1-4-7-10-22-27-32(28-23-11-8-5-2,29-24-12-9-6-3)30-25-20-18-16-14-13-15-17-19-21-26-31-36(33,34)35/h4-31H2,1-3H3/q+1. The summed E-state index contributed by atoms with van der Waals surface area (Å²) in [6.07, 6.45) is 40.5. The van der Waals surface area contributed by atoms with Gasteiger partial charge < -0.3 is 0 Å². The third-order valence-electron chi connectivity index (χ3n) is 8.30. The average molecular weight is 721 g/mol. The van der Waals surface area contributed by atoms with Gasteiger partial charge in [0.15, 0.2) is 46.5 Å². The monoisotopic (exact) mass is 717 g/mol. The molecule has 0 unspecified atom stereocenters. The second-order valence-electron chi connectivity index (χ2n) is 11.8. The van der Waals surface area contributed by atoms with Crippen LogP contribution in [0, 0.1) is 5.41 Å². The van der Waals surface area contributed by atoms with Crippen molar-refractivity contribution in [1.82, 2.24) is 0 Å². The number of halogens is 3. The summed E-state index contributed by atoms with van der Waals surface area (Å²) in [6, 6.07) is 0. The number of unbranched alkanes of at least 4 members (excludes halogenated alkanes) is 19. The van der Waals surface area contributed by atoms with Crippen molar-refractivity contribution in [2.45, 2.75) is 194 Å². The van der Waals surface area contributed by atoms with Gasteiger partial charge in [-0.25, -0.2) is 0 Å². The Morgan fingerprint density at radius 3 is 0.889 bits per heavy atom. The predicted molar refractivity (Wildman–Crippen MR) is 183 cm³/mol. The summed E-state index contributed by atoms with van der Waals surface area (Å²) in [7, 11) is 0. The third-order valence-corrected chi connectivity index (χ3v) is 12.3. The van der Waals surface area contributed by atoms with Gasteiger partial charge in [0.05, 0.1) is 6.16 Å². The normalized spacial score (nSPS) is 12.5. The maximum Gasteiger partial charge on any atom is 0.221 e. The van der Waals surface area contributed by atoms with Crippen LogP contribution in [0.2, 0.25) is 0 Å². The van der Waals surface area contributed by atoms with Crippen LogP contribution in [0.25, 0.3) is 0 Å². The van der Waals surface area contributed by atoms with E-state index in [1.807, 2.05) is 0 Å². The zero-order valence-corrected chi connectivity index (χ0v) is 30.5. The summed E-state index contributed by atoms with van der Waals surface area (Å²) in [6.45, 7) is 7.06. The van der Waals surface area contributed by atoms with Crippen LogP contribution in [0.5, 0.6) is 0 Å². The van der Waals surface area contributed by atoms with Crippen molar-refractivity contribution in [1.29, 1.82) is 0 Å². The van der Waals surface area contributed by atoms with Gasteiger partial charge in [-0.15, -0.1) is 0 Å². The van der Waals surface area contributed by atoms with Gasteiger partial charge in [-0.3, -0.25) is 0 Å². The van der Waals surface area contributed by atoms with Crippen molar-refractivity contribution in [2.75, 3.05) is 6.16 Å². The summed E-state index contributed by atoms with van der Waals surface area (Å²) in [4.78, 5) is 0. The Morgan fingerprint density at radius 1 is 0.361 bits per heavy atom. The summed E-state index contributed by atoms with van der Waals surface area (Å²) < 4.78 is -1.10. The first-order chi connectivity index (χ1) is 17.4. The fraction of sp³-hybridized carbons (Fsp3) is 1.00. The molecular formula is C32H65Br3P+. The molecule has 36 heavy (non-hydrogen) atoms. The first-order valence-electron chi connectivity index (χ1n) is 16.4. The van der Waals surface area contributed by atoms with E-state index >= 15 is 0 Å². The fourth-order valence-corrected chi connectivity index (χ4v) is 8.75. The van der Waals surface area contributed by atoms with Crippen LogP contribution >= 0.6 is 49.8 Å². The highest BCUT2D eigenvalue weighted by Crippen LogP contribution is 2.80. The molecule has 0 radical (unpaired) electrons. The van der Waals surface area contributed by atoms with Gasteiger partial charge in [0, 0.05) is 0 Å². The van der Waals surface area contributed by atoms with Crippen molar-refractivity contribution in [2.24, 2.45) is 5.41 Å². The summed E-state index contributed by atoms with van der Waals surface area (Å²) >= 11 is 11.1. The molecule has 0 aliphatic rings. The highest BCUT2D eigenvalue weighted by atomic mass is 80.0. The third kappa shape index (κ3) is 26.1. The van der Waals surface area contributed by atoms with Crippen molar-refractivity contribution in [3.8, 4) is 0 Å². The first-order valence-corrected chi connectivity index (χ1v) is 24.4. The van der Waals surface area contributed by atoms with E-state index in [1.165, 1.54) is 180 Å². The van der Waals surface area contributed by atoms with Gasteiger partial charge in [-0.05, 0) is 43.9 Å². The molecule has 0 saturated carbocycles. The second-order valence-corrected chi connectivity index (χ2v) is 32.9. The van der Waals surface area contributed by atoms with Crippen LogP contribution in [0.1, 0.15) is 194 Å². The lowest BCUT2D eigenvalue weighted by Crippen LogP contribution is -2.21. The zero-order chi connectivity index (χ0) is 26.8. The van der Waals surface area contributed by atoms with Crippen LogP contribution in [0.4, 0.5) is 0 Å². The fourth-order valence-electron chi connectivity index (χ4n) is 5.91. The number of rotatable bonds is 29. The molecule has 0 aromatic heterocycles. The van der Waals surface area contributed by atoms with Gasteiger partial charge in [0.2, 0.25) is 3.37 Å². The molecule has 0 amide bonds. The Bertz CT molecular complexity index is 404. The molecule has 0 heterocycles. The predicted octanol–water partition coefficient (Wildman–Crippen LogP) is 15.5. The molecule has 0 aromatic carbocycles. The smallest absolute Gasteiger partial charge is 0.0654 e. The van der Waals surface area contributed by atoms with Gasteiger partial charge >= 0.3 is 0 Å². The SMILES string of the molecule is CCCCCCC(CCCCCC)(CCCCCC)CCCCCCCCCCCCC[P+](Br)(Br)Br. The Kier molecular flexibility index (Phi) is 28.5. The molecule has 0 aromatic rings. The van der Waals surface area contributed by atoms with E-state index < -0.39 is 3.37 Å². The topological polar surface area (TPSA) is 0 Å². The van der Waals surface area contributed by atoms with Gasteiger partial charge in [0.25, 0.3) is 0 Å². The minimum atomic E-state index is -1.10. The van der Waals surface area contributed by atoms with E-state index in [0.717, 1.165) is 0 Å². The molecule has 0 aliphatic carbocycles. The number of hydrogen-bond donors (Lipinski definition) is 0. The lowest BCUT2D eigenvalue weighted by atomic mass is 9.70. The van der Waals surface area contributed by atoms with Crippen LogP contribution in [0.3, 0.4) is 0 Å². The molecule has 4 heteroatoms. The second kappa shape index (κ2) is 27.1. The quantitative estimate of drug-likeness (QED) is 0.0533. The maximum absolute atomic E-state index is 3.71. The van der Waals surface area contributed by atoms with Crippen LogP contribution in [-0.4, -0.2) is 6.16 Å². The Morgan fingerprint density at radius 2 is 0.611 bits per heavy atom. The van der Waals surface area contributed by atoms with Gasteiger partial charge in [-0.2, -0.15) is 0 Å². The molecule has 0 atom stereocenters. The lowest BCUT2D eigenvalue weighted by molar-refractivity contribution is 0.172. The summed E-state index contributed by atoms with van der Waals surface area (Å²) in [5, 5.41) is 0. The summed E-state index contributed by atoms with van der Waals surface area (Å²) in [5.41, 5.74) is 0.676. The molecule has 0 saturated heterocycles. The van der Waals surface area contributed by atoms with E-state index in [2.05, 4.69) is 67.2 Å². The Balaban J connectivity index is 4.24. The van der Waals surface area contributed by atoms with E-state index in [4.69, 9.17) is 0 Å². The first kappa shape index (κ1) is 37.9. The van der Waals surface area contributed by atoms with E-state index in [0.29, 0.717) is 5.41 Å². The molecule has 0 fully saturated rings. The maximum atomic E-state index is 3.71. The molecule has 0 rings (SSSR count). The summed E-state index contributed by atoms with van der Waals surface area (Å²) in [5.74, 6) is 0. The van der Waals surface area contributed by atoms with E-state index in [9.17, 15) is 0 Å². The van der Waals surface area contributed by atoms with Crippen molar-refractivity contribution in [3.63, 3.8) is 0 Å². The molecule has 0 bridgehead atoms. The lowest BCUT2D eigenvalue weighted by Gasteiger charge is -2.35. The minimum absolute atomic E-state index is 0.676. The van der Waals surface area contributed by atoms with E-state index in [-0.39, 0.29) is 0 Å². The van der Waals surface area contributed by atoms with Crippen molar-refractivity contribution in [3.05, 3.63) is 0 Å². The highest BCUT2D eigenvalue weighted by Gasteiger charge is 2.29. The molecule has 0 aliphatic heterocycles. The molecular weight excluding hydrogens is 655 g/mol. The highest BCUT2D eigenvalue weighted by molar-refractivity contribution is 9.96. The average Bonchev–Trinajstić information content (AvgIpc) is 2.84. The van der Waals surface area contributed by atoms with Gasteiger partial charge in [-0.1, -0.05) is 156 Å². The van der Waals surface area contributed by atoms with Crippen LogP contribution < -0.4 is 0 Å². The molecule has 0 nitrogen and oxygen atoms in total. The molecule has 218 valence electrons. The number of hydrogen-bond acceptors (Lipinski definition) is 0. The molecule has 0 spiro atoms. The van der Waals surface area contributed by atoms with Crippen LogP contribution in [-0.2, 0) is 0 Å². The minimum Gasteiger partial charge on any atom is -0.0654 e. The molecule has 0 N–H and O–H groups in total.